The van der Waals surface area contributed by atoms with Gasteiger partial charge in [0.2, 0.25) is 5.78 Å². The van der Waals surface area contributed by atoms with E-state index in [1.165, 1.54) is 18.2 Å². The number of rotatable bonds is 3. The molecule has 1 atom stereocenters. The first kappa shape index (κ1) is 17.9. The van der Waals surface area contributed by atoms with Crippen LogP contribution in [0.15, 0.2) is 42.2 Å². The van der Waals surface area contributed by atoms with Gasteiger partial charge in [0.1, 0.15) is 6.04 Å². The van der Waals surface area contributed by atoms with Gasteiger partial charge in [-0.3, -0.25) is 14.4 Å². The van der Waals surface area contributed by atoms with E-state index in [1.54, 1.807) is 0 Å². The average Bonchev–Trinajstić information content (AvgIpc) is 2.47. The highest BCUT2D eigenvalue weighted by Gasteiger charge is 2.13. The molecule has 1 aliphatic carbocycles. The zero-order chi connectivity index (χ0) is 17.6. The Morgan fingerprint density at radius 1 is 1.09 bits per heavy atom. The maximum absolute atomic E-state index is 10.4. The maximum Gasteiger partial charge on any atom is 0.320 e. The van der Waals surface area contributed by atoms with Crippen molar-refractivity contribution >= 4 is 17.5 Å². The lowest BCUT2D eigenvalue weighted by Gasteiger charge is -2.06. The Morgan fingerprint density at radius 3 is 2.22 bits per heavy atom. The van der Waals surface area contributed by atoms with Crippen molar-refractivity contribution in [2.24, 2.45) is 5.73 Å². The molecule has 0 aliphatic heterocycles. The molecular weight excluding hydrogens is 306 g/mol. The van der Waals surface area contributed by atoms with E-state index in [0.29, 0.717) is 5.56 Å². The number of allylic oxidation sites excluding steroid dienone is 3. The van der Waals surface area contributed by atoms with E-state index in [9.17, 15) is 14.4 Å². The fourth-order valence-corrected chi connectivity index (χ4v) is 1.53. The van der Waals surface area contributed by atoms with Crippen LogP contribution in [0.25, 0.3) is 0 Å². The smallest absolute Gasteiger partial charge is 0.320 e. The molecule has 0 heterocycles. The Morgan fingerprint density at radius 2 is 1.74 bits per heavy atom. The first-order chi connectivity index (χ1) is 10.7. The number of ketones is 2. The number of nitrogens with two attached hydrogens (primary N) is 1. The highest BCUT2D eigenvalue weighted by Crippen LogP contribution is 2.25. The van der Waals surface area contributed by atoms with Crippen molar-refractivity contribution in [2.75, 3.05) is 0 Å². The van der Waals surface area contributed by atoms with Gasteiger partial charge in [0, 0.05) is 6.08 Å². The van der Waals surface area contributed by atoms with Crippen LogP contribution in [-0.4, -0.2) is 44.0 Å². The quantitative estimate of drug-likeness (QED) is 0.390. The lowest BCUT2D eigenvalue weighted by Crippen LogP contribution is -2.32. The van der Waals surface area contributed by atoms with E-state index in [2.05, 4.69) is 0 Å². The van der Waals surface area contributed by atoms with E-state index in [0.717, 1.165) is 18.2 Å². The largest absolute Gasteiger partial charge is 0.504 e. The van der Waals surface area contributed by atoms with Crippen molar-refractivity contribution in [1.29, 1.82) is 0 Å². The summed E-state index contributed by atoms with van der Waals surface area (Å²) >= 11 is 0. The van der Waals surface area contributed by atoms with Gasteiger partial charge < -0.3 is 26.2 Å². The van der Waals surface area contributed by atoms with E-state index >= 15 is 0 Å². The summed E-state index contributed by atoms with van der Waals surface area (Å²) in [6, 6.07) is 3.09. The van der Waals surface area contributed by atoms with Gasteiger partial charge in [-0.1, -0.05) is 6.07 Å². The number of aliphatic hydroxyl groups excluding tert-OH is 1. The molecule has 0 spiro atoms. The van der Waals surface area contributed by atoms with Crippen LogP contribution in [0.3, 0.4) is 0 Å². The number of hydrogen-bond acceptors (Lipinski definition) is 7. The Kier molecular flexibility index (Phi) is 6.04. The molecule has 1 unspecified atom stereocenters. The summed E-state index contributed by atoms with van der Waals surface area (Å²) in [7, 11) is 0. The predicted molar refractivity (Wildman–Crippen MR) is 79.0 cm³/mol. The van der Waals surface area contributed by atoms with Gasteiger partial charge >= 0.3 is 5.97 Å². The summed E-state index contributed by atoms with van der Waals surface area (Å²) in [6.07, 6.45) is 3.16. The number of carbonyl (C=O) groups excluding carboxylic acids is 2. The van der Waals surface area contributed by atoms with Crippen LogP contribution in [0.5, 0.6) is 11.5 Å². The Balaban J connectivity index is 0.000000253. The predicted octanol–water partition coefficient (Wildman–Crippen LogP) is 0.189. The van der Waals surface area contributed by atoms with Gasteiger partial charge in [-0.15, -0.1) is 0 Å². The normalized spacial score (nSPS) is 14.6. The van der Waals surface area contributed by atoms with E-state index in [1.807, 2.05) is 0 Å². The number of phenolic OH excluding ortho intramolecular Hbond substituents is 2. The molecule has 0 amide bonds. The van der Waals surface area contributed by atoms with Crippen molar-refractivity contribution in [3.63, 3.8) is 0 Å². The number of carboxylic acid groups (broad SMARTS) is 1. The Hall–Kier alpha value is -3.13. The van der Waals surface area contributed by atoms with Crippen LogP contribution in [0.1, 0.15) is 5.56 Å². The minimum absolute atomic E-state index is 0.114. The molecule has 1 aliphatic rings. The van der Waals surface area contributed by atoms with E-state index in [-0.39, 0.29) is 23.7 Å². The third-order valence-corrected chi connectivity index (χ3v) is 2.74. The van der Waals surface area contributed by atoms with E-state index in [4.69, 9.17) is 26.2 Å². The standard InChI is InChI=1S/C9H11NO4.C6H4O3/c10-6(9(13)14)3-5-1-2-7(11)8(12)4-5;7-4-1-2-5(8)6(9)3-4/h1-2,4,6,11-12H,3,10H2,(H,13,14);1-3,9H. The van der Waals surface area contributed by atoms with Gasteiger partial charge in [0.15, 0.2) is 23.0 Å². The fraction of sp³-hybridized carbons (Fsp3) is 0.133. The Bertz CT molecular complexity index is 691. The van der Waals surface area contributed by atoms with Crippen molar-refractivity contribution in [3.05, 3.63) is 47.7 Å². The molecule has 2 rings (SSSR count). The molecule has 0 aromatic heterocycles. The molecule has 8 nitrogen and oxygen atoms in total. The summed E-state index contributed by atoms with van der Waals surface area (Å²) in [4.78, 5) is 31.1. The summed E-state index contributed by atoms with van der Waals surface area (Å²) in [5, 5.41) is 35.2. The first-order valence-electron chi connectivity index (χ1n) is 6.37. The zero-order valence-corrected chi connectivity index (χ0v) is 11.8. The van der Waals surface area contributed by atoms with E-state index < -0.39 is 23.6 Å². The SMILES string of the molecule is NC(Cc1ccc(O)c(O)c1)C(=O)O.O=C1C=CC(=O)C(O)=C1. The molecule has 0 radical (unpaired) electrons. The molecule has 0 fully saturated rings. The second-order valence-corrected chi connectivity index (χ2v) is 4.60. The molecule has 8 heteroatoms. The summed E-state index contributed by atoms with van der Waals surface area (Å²) < 4.78 is 0. The molecule has 1 aromatic rings. The highest BCUT2D eigenvalue weighted by atomic mass is 16.4. The minimum atomic E-state index is -1.10. The number of aliphatic hydroxyl groups is 1. The first-order valence-corrected chi connectivity index (χ1v) is 6.37. The molecule has 0 saturated carbocycles. The average molecular weight is 321 g/mol. The van der Waals surface area contributed by atoms with Crippen LogP contribution >= 0.6 is 0 Å². The maximum atomic E-state index is 10.4. The van der Waals surface area contributed by atoms with Crippen molar-refractivity contribution in [2.45, 2.75) is 12.5 Å². The van der Waals surface area contributed by atoms with Gasteiger partial charge in [0.05, 0.1) is 0 Å². The third kappa shape index (κ3) is 5.64. The van der Waals surface area contributed by atoms with Gasteiger partial charge in [0.25, 0.3) is 0 Å². The zero-order valence-electron chi connectivity index (χ0n) is 11.8. The molecule has 0 bridgehead atoms. The number of carbonyl (C=O) groups is 3. The Labute approximate surface area is 130 Å². The molecule has 122 valence electrons. The van der Waals surface area contributed by atoms with Crippen LogP contribution < -0.4 is 5.73 Å². The number of hydrogen-bond donors (Lipinski definition) is 5. The molecule has 6 N–H and O–H groups in total. The number of carboxylic acids is 1. The van der Waals surface area contributed by atoms with Gasteiger partial charge in [-0.2, -0.15) is 0 Å². The summed E-state index contributed by atoms with van der Waals surface area (Å²) in [5.74, 6) is -2.97. The number of benzene rings is 1. The highest BCUT2D eigenvalue weighted by molar-refractivity contribution is 6.16. The number of phenols is 2. The minimum Gasteiger partial charge on any atom is -0.504 e. The lowest BCUT2D eigenvalue weighted by atomic mass is 10.1. The molecular formula is C15H15NO7. The number of aromatic hydroxyl groups is 2. The monoisotopic (exact) mass is 321 g/mol. The van der Waals surface area contributed by atoms with Crippen LogP contribution in [0.2, 0.25) is 0 Å². The van der Waals surface area contributed by atoms with Crippen molar-refractivity contribution in [3.8, 4) is 11.5 Å². The van der Waals surface area contributed by atoms with Crippen molar-refractivity contribution < 1.29 is 34.8 Å². The van der Waals surface area contributed by atoms with Gasteiger partial charge in [-0.05, 0) is 36.3 Å². The van der Waals surface area contributed by atoms with Crippen LogP contribution in [0.4, 0.5) is 0 Å². The lowest BCUT2D eigenvalue weighted by molar-refractivity contribution is -0.138. The molecule has 1 aromatic carbocycles. The summed E-state index contributed by atoms with van der Waals surface area (Å²) in [5.41, 5.74) is 5.86. The second kappa shape index (κ2) is 7.76. The topological polar surface area (TPSA) is 158 Å². The van der Waals surface area contributed by atoms with Crippen LogP contribution in [0, 0.1) is 0 Å². The molecule has 0 saturated heterocycles. The second-order valence-electron chi connectivity index (χ2n) is 4.60. The summed E-state index contributed by atoms with van der Waals surface area (Å²) in [6.45, 7) is 0. The van der Waals surface area contributed by atoms with Gasteiger partial charge in [-0.25, -0.2) is 0 Å². The van der Waals surface area contributed by atoms with Crippen molar-refractivity contribution in [1.82, 2.24) is 0 Å². The third-order valence-electron chi connectivity index (χ3n) is 2.74. The number of aliphatic carboxylic acids is 1. The van der Waals surface area contributed by atoms with Crippen LogP contribution in [-0.2, 0) is 20.8 Å². The fourth-order valence-electron chi connectivity index (χ4n) is 1.53. The molecule has 23 heavy (non-hydrogen) atoms.